The molecule has 184 valence electrons. The lowest BCUT2D eigenvalue weighted by atomic mass is 9.96. The molecule has 1 fully saturated rings. The number of aromatic nitrogens is 2. The van der Waals surface area contributed by atoms with Gasteiger partial charge in [0.05, 0.1) is 23.9 Å². The molecule has 2 aromatic heterocycles. The number of nitrogens with zero attached hydrogens (tertiary/aromatic N) is 3. The third-order valence-electron chi connectivity index (χ3n) is 6.44. The fraction of sp³-hybridized carbons (Fsp3) is 0.241. The maximum absolute atomic E-state index is 5.92. The van der Waals surface area contributed by atoms with E-state index >= 15 is 0 Å². The summed E-state index contributed by atoms with van der Waals surface area (Å²) in [5.41, 5.74) is 6.64. The number of hydrogen-bond acceptors (Lipinski definition) is 3. The first-order chi connectivity index (χ1) is 17.3. The van der Waals surface area contributed by atoms with Gasteiger partial charge in [-0.3, -0.25) is 4.98 Å². The van der Waals surface area contributed by atoms with E-state index in [1.807, 2.05) is 50.4 Å². The third kappa shape index (κ3) is 4.65. The van der Waals surface area contributed by atoms with Crippen LogP contribution in [0.15, 0.2) is 83.5 Å². The van der Waals surface area contributed by atoms with E-state index in [2.05, 4.69) is 87.0 Å². The minimum Gasteiger partial charge on any atom is -0.491 e. The van der Waals surface area contributed by atoms with Crippen molar-refractivity contribution in [2.45, 2.75) is 45.9 Å². The van der Waals surface area contributed by atoms with Gasteiger partial charge < -0.3 is 19.5 Å². The van der Waals surface area contributed by atoms with Crippen LogP contribution >= 0.6 is 28.1 Å². The van der Waals surface area contributed by atoms with Crippen LogP contribution in [0.2, 0.25) is 0 Å². The van der Waals surface area contributed by atoms with Crippen molar-refractivity contribution in [2.24, 2.45) is 0 Å². The molecule has 0 aliphatic carbocycles. The Balaban J connectivity index is 1.63. The first-order valence-electron chi connectivity index (χ1n) is 12.1. The van der Waals surface area contributed by atoms with E-state index in [1.165, 1.54) is 17.0 Å². The number of pyridine rings is 1. The van der Waals surface area contributed by atoms with Crippen LogP contribution < -0.4 is 15.0 Å². The second kappa shape index (κ2) is 10.1. The Labute approximate surface area is 226 Å². The molecule has 1 aliphatic rings. The lowest BCUT2D eigenvalue weighted by Crippen LogP contribution is -2.29. The van der Waals surface area contributed by atoms with Gasteiger partial charge in [-0.2, -0.15) is 0 Å². The Morgan fingerprint density at radius 2 is 1.75 bits per heavy atom. The summed E-state index contributed by atoms with van der Waals surface area (Å²) in [6.07, 6.45) is 1.96. The Morgan fingerprint density at radius 1 is 0.972 bits per heavy atom. The molecule has 0 unspecified atom stereocenters. The molecule has 36 heavy (non-hydrogen) atoms. The van der Waals surface area contributed by atoms with Crippen molar-refractivity contribution < 1.29 is 4.74 Å². The van der Waals surface area contributed by atoms with Gasteiger partial charge in [0.1, 0.15) is 5.75 Å². The predicted molar refractivity (Wildman–Crippen MR) is 153 cm³/mol. The molecule has 1 aliphatic heterocycles. The van der Waals surface area contributed by atoms with Gasteiger partial charge in [0.15, 0.2) is 5.11 Å². The second-order valence-electron chi connectivity index (χ2n) is 9.30. The summed E-state index contributed by atoms with van der Waals surface area (Å²) in [4.78, 5) is 6.90. The van der Waals surface area contributed by atoms with E-state index in [4.69, 9.17) is 21.9 Å². The summed E-state index contributed by atoms with van der Waals surface area (Å²) in [5.74, 6) is 0.845. The maximum Gasteiger partial charge on any atom is 0.174 e. The molecule has 0 saturated carbocycles. The number of thiocarbonyl (C=S) groups is 1. The molecule has 3 heterocycles. The van der Waals surface area contributed by atoms with Gasteiger partial charge in [0.2, 0.25) is 0 Å². The van der Waals surface area contributed by atoms with Crippen LogP contribution in [-0.4, -0.2) is 20.8 Å². The van der Waals surface area contributed by atoms with E-state index < -0.39 is 0 Å². The SMILES string of the molecule is Cc1cc([C@@H]2[C@H](c3ccccn3)NC(=S)N2c2ccc(OC(C)C)cc2)c(C)n1-c1cccc(Br)c1. The third-order valence-corrected chi connectivity index (χ3v) is 7.25. The van der Waals surface area contributed by atoms with Crippen molar-refractivity contribution in [2.75, 3.05) is 4.90 Å². The van der Waals surface area contributed by atoms with Crippen LogP contribution in [0.3, 0.4) is 0 Å². The molecule has 0 bridgehead atoms. The molecule has 0 spiro atoms. The Bertz CT molecular complexity index is 1380. The number of rotatable bonds is 6. The van der Waals surface area contributed by atoms with Gasteiger partial charge in [-0.25, -0.2) is 0 Å². The van der Waals surface area contributed by atoms with Crippen molar-refractivity contribution in [3.63, 3.8) is 0 Å². The molecule has 7 heteroatoms. The molecule has 0 radical (unpaired) electrons. The van der Waals surface area contributed by atoms with E-state index in [1.54, 1.807) is 0 Å². The number of hydrogen-bond donors (Lipinski definition) is 1. The molecule has 2 aromatic carbocycles. The van der Waals surface area contributed by atoms with E-state index in [0.717, 1.165) is 27.3 Å². The summed E-state index contributed by atoms with van der Waals surface area (Å²) >= 11 is 9.54. The highest BCUT2D eigenvalue weighted by molar-refractivity contribution is 9.10. The highest BCUT2D eigenvalue weighted by atomic mass is 79.9. The average Bonchev–Trinajstić information content (AvgIpc) is 3.35. The Morgan fingerprint density at radius 3 is 2.42 bits per heavy atom. The standard InChI is InChI=1S/C29H29BrN4OS/c1-18(2)35-24-13-11-22(12-14-24)34-28(27(32-29(34)36)26-10-5-6-15-31-26)25-16-19(3)33(20(25)4)23-9-7-8-21(30)17-23/h5-18,27-28H,1-4H3,(H,32,36)/t27-,28+/m0/s1. The Kier molecular flexibility index (Phi) is 6.86. The summed E-state index contributed by atoms with van der Waals surface area (Å²) in [6, 6.07) is 24.7. The average molecular weight is 562 g/mol. The van der Waals surface area contributed by atoms with Crippen molar-refractivity contribution in [3.05, 3.63) is 106 Å². The molecule has 1 saturated heterocycles. The van der Waals surface area contributed by atoms with Crippen LogP contribution in [0.1, 0.15) is 48.6 Å². The number of anilines is 1. The topological polar surface area (TPSA) is 42.3 Å². The van der Waals surface area contributed by atoms with Crippen LogP contribution in [0.5, 0.6) is 5.75 Å². The summed E-state index contributed by atoms with van der Waals surface area (Å²) in [5, 5.41) is 4.25. The highest BCUT2D eigenvalue weighted by Crippen LogP contribution is 2.44. The molecule has 4 aromatic rings. The first kappa shape index (κ1) is 24.5. The molecule has 5 nitrogen and oxygen atoms in total. The molecule has 2 atom stereocenters. The fourth-order valence-corrected chi connectivity index (χ4v) is 5.74. The van der Waals surface area contributed by atoms with Gasteiger partial charge in [-0.05, 0) is 106 Å². The van der Waals surface area contributed by atoms with Gasteiger partial charge >= 0.3 is 0 Å². The maximum atomic E-state index is 5.92. The lowest BCUT2D eigenvalue weighted by molar-refractivity contribution is 0.242. The van der Waals surface area contributed by atoms with Crippen molar-refractivity contribution in [1.82, 2.24) is 14.9 Å². The predicted octanol–water partition coefficient (Wildman–Crippen LogP) is 7.22. The summed E-state index contributed by atoms with van der Waals surface area (Å²) < 4.78 is 9.22. The molecular formula is C29H29BrN4OS. The second-order valence-corrected chi connectivity index (χ2v) is 10.6. The van der Waals surface area contributed by atoms with Gasteiger partial charge in [0, 0.05) is 33.4 Å². The fourth-order valence-electron chi connectivity index (χ4n) is 5.01. The first-order valence-corrected chi connectivity index (χ1v) is 13.3. The van der Waals surface area contributed by atoms with E-state index in [9.17, 15) is 0 Å². The zero-order valence-electron chi connectivity index (χ0n) is 20.8. The van der Waals surface area contributed by atoms with Crippen molar-refractivity contribution >= 4 is 38.9 Å². The zero-order valence-corrected chi connectivity index (χ0v) is 23.2. The number of ether oxygens (including phenoxy) is 1. The van der Waals surface area contributed by atoms with Gasteiger partial charge in [0.25, 0.3) is 0 Å². The molecule has 1 N–H and O–H groups in total. The molecular weight excluding hydrogens is 532 g/mol. The number of nitrogens with one attached hydrogen (secondary N) is 1. The van der Waals surface area contributed by atoms with Gasteiger partial charge in [-0.15, -0.1) is 0 Å². The lowest BCUT2D eigenvalue weighted by Gasteiger charge is -2.28. The van der Waals surface area contributed by atoms with Crippen LogP contribution in [0.25, 0.3) is 5.69 Å². The van der Waals surface area contributed by atoms with E-state index in [0.29, 0.717) is 5.11 Å². The zero-order chi connectivity index (χ0) is 25.4. The number of benzene rings is 2. The van der Waals surface area contributed by atoms with Crippen LogP contribution in [0.4, 0.5) is 5.69 Å². The molecule has 5 rings (SSSR count). The largest absolute Gasteiger partial charge is 0.491 e. The monoisotopic (exact) mass is 560 g/mol. The van der Waals surface area contributed by atoms with Gasteiger partial charge in [-0.1, -0.05) is 28.1 Å². The number of halogens is 1. The minimum atomic E-state index is -0.0956. The Hall–Kier alpha value is -3.16. The quantitative estimate of drug-likeness (QED) is 0.252. The van der Waals surface area contributed by atoms with E-state index in [-0.39, 0.29) is 18.2 Å². The van der Waals surface area contributed by atoms with Crippen LogP contribution in [-0.2, 0) is 0 Å². The molecule has 0 amide bonds. The highest BCUT2D eigenvalue weighted by Gasteiger charge is 2.42. The van der Waals surface area contributed by atoms with Crippen molar-refractivity contribution in [3.8, 4) is 11.4 Å². The smallest absolute Gasteiger partial charge is 0.174 e. The summed E-state index contributed by atoms with van der Waals surface area (Å²) in [6.45, 7) is 8.39. The summed E-state index contributed by atoms with van der Waals surface area (Å²) in [7, 11) is 0. The minimum absolute atomic E-state index is 0.0728. The van der Waals surface area contributed by atoms with Crippen LogP contribution in [0, 0.1) is 13.8 Å². The number of aryl methyl sites for hydroxylation is 1. The normalized spacial score (nSPS) is 17.5. The van der Waals surface area contributed by atoms with Crippen molar-refractivity contribution in [1.29, 1.82) is 0 Å².